The monoisotopic (exact) mass is 256 g/mol. The van der Waals surface area contributed by atoms with E-state index in [1.54, 1.807) is 13.0 Å². The van der Waals surface area contributed by atoms with Crippen LogP contribution in [-0.2, 0) is 0 Å². The molecule has 1 N–H and O–H groups in total. The average molecular weight is 256 g/mol. The number of rotatable bonds is 2. The number of anilines is 1. The van der Waals surface area contributed by atoms with E-state index in [1.807, 2.05) is 12.1 Å². The minimum Gasteiger partial charge on any atom is -0.389 e. The van der Waals surface area contributed by atoms with Gasteiger partial charge in [-0.3, -0.25) is 0 Å². The smallest absolute Gasteiger partial charge is 0.0992 e. The SMILES string of the molecule is C[C@@H](O)c1ccc(C#N)cc1N1CC2CCCC2C1. The number of hydrogen-bond donors (Lipinski definition) is 1. The Kier molecular flexibility index (Phi) is 3.20. The highest BCUT2D eigenvalue weighted by atomic mass is 16.3. The van der Waals surface area contributed by atoms with Gasteiger partial charge in [0.2, 0.25) is 0 Å². The lowest BCUT2D eigenvalue weighted by molar-refractivity contribution is 0.199. The fourth-order valence-electron chi connectivity index (χ4n) is 3.67. The maximum atomic E-state index is 9.92. The summed E-state index contributed by atoms with van der Waals surface area (Å²) in [6.45, 7) is 3.96. The van der Waals surface area contributed by atoms with Crippen LogP contribution in [0.1, 0.15) is 43.4 Å². The summed E-state index contributed by atoms with van der Waals surface area (Å²) in [4.78, 5) is 2.37. The molecule has 1 aromatic rings. The minimum absolute atomic E-state index is 0.483. The third-order valence-electron chi connectivity index (χ3n) is 4.68. The van der Waals surface area contributed by atoms with Crippen molar-refractivity contribution in [2.45, 2.75) is 32.3 Å². The summed E-state index contributed by atoms with van der Waals surface area (Å²) in [6, 6.07) is 7.82. The van der Waals surface area contributed by atoms with Gasteiger partial charge in [-0.1, -0.05) is 12.5 Å². The van der Waals surface area contributed by atoms with E-state index in [4.69, 9.17) is 5.26 Å². The quantitative estimate of drug-likeness (QED) is 0.885. The molecule has 2 fully saturated rings. The van der Waals surface area contributed by atoms with Crippen molar-refractivity contribution >= 4 is 5.69 Å². The number of aliphatic hydroxyl groups is 1. The third-order valence-corrected chi connectivity index (χ3v) is 4.68. The molecule has 2 unspecified atom stereocenters. The zero-order chi connectivity index (χ0) is 13.4. The average Bonchev–Trinajstić information content (AvgIpc) is 2.98. The molecule has 0 aromatic heterocycles. The molecular weight excluding hydrogens is 236 g/mol. The van der Waals surface area contributed by atoms with Gasteiger partial charge in [-0.15, -0.1) is 0 Å². The first-order valence-electron chi connectivity index (χ1n) is 7.16. The first-order valence-corrected chi connectivity index (χ1v) is 7.16. The van der Waals surface area contributed by atoms with Crippen molar-refractivity contribution in [3.05, 3.63) is 29.3 Å². The molecule has 0 spiro atoms. The van der Waals surface area contributed by atoms with E-state index in [2.05, 4.69) is 11.0 Å². The number of nitrogens with zero attached hydrogens (tertiary/aromatic N) is 2. The zero-order valence-electron chi connectivity index (χ0n) is 11.3. The molecule has 0 bridgehead atoms. The van der Waals surface area contributed by atoms with Gasteiger partial charge in [-0.2, -0.15) is 5.26 Å². The Bertz CT molecular complexity index is 506. The summed E-state index contributed by atoms with van der Waals surface area (Å²) in [5.74, 6) is 1.63. The molecule has 1 aliphatic heterocycles. The van der Waals surface area contributed by atoms with E-state index in [1.165, 1.54) is 19.3 Å². The normalized spacial score (nSPS) is 27.1. The van der Waals surface area contributed by atoms with Gasteiger partial charge in [0.1, 0.15) is 0 Å². The molecule has 0 radical (unpaired) electrons. The first kappa shape index (κ1) is 12.5. The van der Waals surface area contributed by atoms with Crippen LogP contribution < -0.4 is 4.90 Å². The van der Waals surface area contributed by atoms with Gasteiger partial charge in [-0.05, 0) is 43.7 Å². The molecule has 3 heteroatoms. The van der Waals surface area contributed by atoms with Crippen LogP contribution in [0, 0.1) is 23.2 Å². The van der Waals surface area contributed by atoms with Crippen LogP contribution in [0.25, 0.3) is 0 Å². The molecule has 3 nitrogen and oxygen atoms in total. The summed E-state index contributed by atoms with van der Waals surface area (Å²) in [5, 5.41) is 19.0. The molecule has 3 atom stereocenters. The van der Waals surface area contributed by atoms with Crippen LogP contribution in [0.3, 0.4) is 0 Å². The first-order chi connectivity index (χ1) is 9.19. The van der Waals surface area contributed by atoms with Crippen molar-refractivity contribution in [3.63, 3.8) is 0 Å². The molecule has 19 heavy (non-hydrogen) atoms. The van der Waals surface area contributed by atoms with E-state index in [-0.39, 0.29) is 0 Å². The Morgan fingerprint density at radius 3 is 2.58 bits per heavy atom. The van der Waals surface area contributed by atoms with Gasteiger partial charge in [-0.25, -0.2) is 0 Å². The van der Waals surface area contributed by atoms with Crippen molar-refractivity contribution in [2.24, 2.45) is 11.8 Å². The van der Waals surface area contributed by atoms with Crippen molar-refractivity contribution in [2.75, 3.05) is 18.0 Å². The lowest BCUT2D eigenvalue weighted by atomic mass is 10.0. The highest BCUT2D eigenvalue weighted by Gasteiger charge is 2.36. The predicted octanol–water partition coefficient (Wildman–Crippen LogP) is 2.85. The maximum Gasteiger partial charge on any atom is 0.0992 e. The molecular formula is C16H20N2O. The van der Waals surface area contributed by atoms with Crippen LogP contribution in [0.15, 0.2) is 18.2 Å². The molecule has 3 rings (SSSR count). The second-order valence-corrected chi connectivity index (χ2v) is 5.92. The van der Waals surface area contributed by atoms with Gasteiger partial charge in [0.05, 0.1) is 17.7 Å². The minimum atomic E-state index is -0.483. The molecule has 100 valence electrons. The summed E-state index contributed by atoms with van der Waals surface area (Å²) < 4.78 is 0. The van der Waals surface area contributed by atoms with Gasteiger partial charge in [0.25, 0.3) is 0 Å². The van der Waals surface area contributed by atoms with E-state index in [0.717, 1.165) is 36.2 Å². The van der Waals surface area contributed by atoms with Crippen molar-refractivity contribution < 1.29 is 5.11 Å². The summed E-state index contributed by atoms with van der Waals surface area (Å²) >= 11 is 0. The lowest BCUT2D eigenvalue weighted by Gasteiger charge is -2.24. The number of hydrogen-bond acceptors (Lipinski definition) is 3. The van der Waals surface area contributed by atoms with Gasteiger partial charge >= 0.3 is 0 Å². The Labute approximate surface area is 114 Å². The summed E-state index contributed by atoms with van der Waals surface area (Å²) in [6.07, 6.45) is 3.56. The van der Waals surface area contributed by atoms with Crippen molar-refractivity contribution in [1.82, 2.24) is 0 Å². The van der Waals surface area contributed by atoms with E-state index in [0.29, 0.717) is 5.56 Å². The van der Waals surface area contributed by atoms with Gasteiger partial charge in [0.15, 0.2) is 0 Å². The van der Waals surface area contributed by atoms with Crippen LogP contribution >= 0.6 is 0 Å². The Hall–Kier alpha value is -1.53. The summed E-state index contributed by atoms with van der Waals surface area (Å²) in [7, 11) is 0. The molecule has 2 aliphatic rings. The topological polar surface area (TPSA) is 47.3 Å². The van der Waals surface area contributed by atoms with Gasteiger partial charge in [0, 0.05) is 24.3 Å². The molecule has 1 aromatic carbocycles. The maximum absolute atomic E-state index is 9.92. The third kappa shape index (κ3) is 2.21. The Morgan fingerprint density at radius 2 is 2.00 bits per heavy atom. The zero-order valence-corrected chi connectivity index (χ0v) is 11.3. The molecule has 1 aliphatic carbocycles. The van der Waals surface area contributed by atoms with E-state index < -0.39 is 6.10 Å². The van der Waals surface area contributed by atoms with Crippen LogP contribution in [0.4, 0.5) is 5.69 Å². The Morgan fingerprint density at radius 1 is 1.32 bits per heavy atom. The molecule has 1 heterocycles. The highest BCUT2D eigenvalue weighted by Crippen LogP contribution is 2.41. The van der Waals surface area contributed by atoms with E-state index >= 15 is 0 Å². The second-order valence-electron chi connectivity index (χ2n) is 5.92. The molecule has 1 saturated heterocycles. The second kappa shape index (κ2) is 4.86. The number of nitriles is 1. The van der Waals surface area contributed by atoms with Crippen molar-refractivity contribution in [3.8, 4) is 6.07 Å². The standard InChI is InChI=1S/C16H20N2O/c1-11(19)15-6-5-12(8-17)7-16(15)18-9-13-3-2-4-14(13)10-18/h5-7,11,13-14,19H,2-4,9-10H2,1H3/t11-,13?,14?/m1/s1. The molecule has 0 amide bonds. The fraction of sp³-hybridized carbons (Fsp3) is 0.562. The van der Waals surface area contributed by atoms with Crippen LogP contribution in [-0.4, -0.2) is 18.2 Å². The Balaban J connectivity index is 1.93. The van der Waals surface area contributed by atoms with Crippen LogP contribution in [0.5, 0.6) is 0 Å². The predicted molar refractivity (Wildman–Crippen MR) is 74.8 cm³/mol. The van der Waals surface area contributed by atoms with Gasteiger partial charge < -0.3 is 10.0 Å². The highest BCUT2D eigenvalue weighted by molar-refractivity contribution is 5.59. The van der Waals surface area contributed by atoms with Crippen molar-refractivity contribution in [1.29, 1.82) is 5.26 Å². The fourth-order valence-corrected chi connectivity index (χ4v) is 3.67. The van der Waals surface area contributed by atoms with Crippen LogP contribution in [0.2, 0.25) is 0 Å². The number of aliphatic hydroxyl groups excluding tert-OH is 1. The lowest BCUT2D eigenvalue weighted by Crippen LogP contribution is -2.22. The number of benzene rings is 1. The largest absolute Gasteiger partial charge is 0.389 e. The van der Waals surface area contributed by atoms with E-state index in [9.17, 15) is 5.11 Å². The molecule has 1 saturated carbocycles. The number of fused-ring (bicyclic) bond motifs is 1. The summed E-state index contributed by atoms with van der Waals surface area (Å²) in [5.41, 5.74) is 2.68.